The Kier molecular flexibility index (Phi) is 8.16. The van der Waals surface area contributed by atoms with Crippen molar-refractivity contribution in [2.24, 2.45) is 0 Å². The Morgan fingerprint density at radius 3 is 2.06 bits per heavy atom. The largest absolute Gasteiger partial charge is 0.367 e. The lowest BCUT2D eigenvalue weighted by Gasteiger charge is -2.14. The molecule has 9 aromatic heterocycles. The van der Waals surface area contributed by atoms with Gasteiger partial charge in [-0.3, -0.25) is 20.1 Å². The highest BCUT2D eigenvalue weighted by Gasteiger charge is 2.14. The summed E-state index contributed by atoms with van der Waals surface area (Å²) >= 11 is 0. The Labute approximate surface area is 276 Å². The van der Waals surface area contributed by atoms with E-state index < -0.39 is 0 Å². The molecule has 0 amide bonds. The average molecular weight is 636 g/mol. The van der Waals surface area contributed by atoms with Crippen molar-refractivity contribution in [2.75, 3.05) is 0 Å². The maximum absolute atomic E-state index is 4.50. The van der Waals surface area contributed by atoms with Crippen molar-refractivity contribution in [1.82, 2.24) is 54.6 Å². The number of nitrogens with one attached hydrogen (secondary N) is 5. The predicted octanol–water partition coefficient (Wildman–Crippen LogP) is 8.44. The van der Waals surface area contributed by atoms with Gasteiger partial charge in [0.1, 0.15) is 5.82 Å². The van der Waals surface area contributed by atoms with E-state index in [4.69, 9.17) is 0 Å². The van der Waals surface area contributed by atoms with E-state index in [9.17, 15) is 0 Å². The van der Waals surface area contributed by atoms with Crippen molar-refractivity contribution in [3.05, 3.63) is 115 Å². The first-order chi connectivity index (χ1) is 23.3. The second-order valence-corrected chi connectivity index (χ2v) is 12.1. The molecule has 11 nitrogen and oxygen atoms in total. The number of nitrogens with zero attached hydrogens (tertiary/aromatic N) is 6. The molecular weight excluding hydrogens is 598 g/mol. The van der Waals surface area contributed by atoms with Gasteiger partial charge in [-0.05, 0) is 77.1 Å². The molecule has 9 aromatic rings. The zero-order valence-corrected chi connectivity index (χ0v) is 27.5. The zero-order chi connectivity index (χ0) is 33.2. The second kappa shape index (κ2) is 12.9. The minimum atomic E-state index is 0.425. The number of aryl methyl sites for hydroxylation is 3. The van der Waals surface area contributed by atoms with Crippen molar-refractivity contribution in [3.63, 3.8) is 0 Å². The summed E-state index contributed by atoms with van der Waals surface area (Å²) in [5, 5.41) is 9.05. The van der Waals surface area contributed by atoms with Crippen LogP contribution in [0.2, 0.25) is 0 Å². The first kappa shape index (κ1) is 30.4. The van der Waals surface area contributed by atoms with Crippen LogP contribution in [0.1, 0.15) is 37.0 Å². The molecule has 0 spiro atoms. The number of imidazole rings is 1. The van der Waals surface area contributed by atoms with Crippen molar-refractivity contribution in [3.8, 4) is 33.9 Å². The van der Waals surface area contributed by atoms with Gasteiger partial charge in [-0.1, -0.05) is 0 Å². The topological polar surface area (TPSA) is 148 Å². The Balaban J connectivity index is 0.000000115. The van der Waals surface area contributed by atoms with Crippen LogP contribution >= 0.6 is 0 Å². The van der Waals surface area contributed by atoms with Crippen LogP contribution in [0.4, 0.5) is 0 Å². The van der Waals surface area contributed by atoms with Crippen molar-refractivity contribution >= 4 is 32.8 Å². The highest BCUT2D eigenvalue weighted by atomic mass is 15.1. The molecule has 5 N–H and O–H groups in total. The molecule has 9 rings (SSSR count). The average Bonchev–Trinajstić information content (AvgIpc) is 3.92. The fourth-order valence-electron chi connectivity index (χ4n) is 5.79. The van der Waals surface area contributed by atoms with Gasteiger partial charge >= 0.3 is 0 Å². The number of aromatic amines is 5. The van der Waals surface area contributed by atoms with E-state index in [0.29, 0.717) is 6.04 Å². The Morgan fingerprint density at radius 2 is 1.35 bits per heavy atom. The van der Waals surface area contributed by atoms with Crippen LogP contribution in [-0.2, 0) is 0 Å². The lowest BCUT2D eigenvalue weighted by molar-refractivity contribution is 0.628. The van der Waals surface area contributed by atoms with Gasteiger partial charge in [0.05, 0.1) is 34.6 Å². The number of hydrogen-bond acceptors (Lipinski definition) is 5. The number of H-pyrrole nitrogens is 5. The lowest BCUT2D eigenvalue weighted by Crippen LogP contribution is -2.02. The molecule has 0 saturated carbocycles. The third-order valence-corrected chi connectivity index (χ3v) is 8.10. The lowest BCUT2D eigenvalue weighted by atomic mass is 10.2. The van der Waals surface area contributed by atoms with Gasteiger partial charge in [-0.15, -0.1) is 0 Å². The van der Waals surface area contributed by atoms with Crippen LogP contribution < -0.4 is 0 Å². The summed E-state index contributed by atoms with van der Waals surface area (Å²) in [6, 6.07) is 15.0. The van der Waals surface area contributed by atoms with E-state index in [-0.39, 0.29) is 0 Å². The summed E-state index contributed by atoms with van der Waals surface area (Å²) in [5.74, 6) is 0.874. The summed E-state index contributed by atoms with van der Waals surface area (Å²) in [6.07, 6.45) is 17.1. The number of hydrogen-bond donors (Lipinski definition) is 5. The molecule has 0 aliphatic rings. The highest BCUT2D eigenvalue weighted by Crippen LogP contribution is 2.31. The van der Waals surface area contributed by atoms with Gasteiger partial charge in [0.25, 0.3) is 0 Å². The highest BCUT2D eigenvalue weighted by molar-refractivity contribution is 5.87. The molecule has 0 unspecified atom stereocenters. The van der Waals surface area contributed by atoms with Gasteiger partial charge in [-0.2, -0.15) is 5.10 Å². The SMILES string of the molecule is Cc1cc2[nH]c(-c3cn[nH]c3)cc2cn1.Cc1cc2c(cn1)cc(-c1cc[nH]c1)n2C(C)C.Cc1cc2nc(-c3cc[nH]c3)[nH]c2cn1. The van der Waals surface area contributed by atoms with Gasteiger partial charge in [0.15, 0.2) is 0 Å². The van der Waals surface area contributed by atoms with E-state index in [2.05, 4.69) is 92.7 Å². The second-order valence-electron chi connectivity index (χ2n) is 12.1. The van der Waals surface area contributed by atoms with Crippen molar-refractivity contribution in [1.29, 1.82) is 0 Å². The van der Waals surface area contributed by atoms with Crippen LogP contribution in [0.25, 0.3) is 66.7 Å². The molecule has 11 heteroatoms. The van der Waals surface area contributed by atoms with Crippen LogP contribution in [0, 0.1) is 20.8 Å². The van der Waals surface area contributed by atoms with Gasteiger partial charge in [0.2, 0.25) is 0 Å². The molecule has 0 saturated heterocycles. The fourth-order valence-corrected chi connectivity index (χ4v) is 5.79. The summed E-state index contributed by atoms with van der Waals surface area (Å²) in [7, 11) is 0. The predicted molar refractivity (Wildman–Crippen MR) is 191 cm³/mol. The zero-order valence-electron chi connectivity index (χ0n) is 27.5. The third kappa shape index (κ3) is 6.25. The molecule has 0 atom stereocenters. The Bertz CT molecular complexity index is 2290. The molecular formula is C37H37N11. The maximum Gasteiger partial charge on any atom is 0.140 e. The van der Waals surface area contributed by atoms with Crippen molar-refractivity contribution in [2.45, 2.75) is 40.7 Å². The van der Waals surface area contributed by atoms with Crippen molar-refractivity contribution < 1.29 is 0 Å². The standard InChI is InChI=1S/C15H17N3.2C11H10N4/c1-10(2)18-14-6-11(3)17-9-13(14)7-15(18)12-4-5-16-8-12;1-7-2-10-8(4-12-7)3-11(15-10)9-5-13-14-6-9;1-7-4-9-10(6-13-7)15-11(14-9)8-2-3-12-5-8/h4-10,16H,1-3H3;2-6,15H,1H3,(H,13,14);2-6,12H,1H3,(H,14,15). The summed E-state index contributed by atoms with van der Waals surface area (Å²) in [5.41, 5.74) is 13.0. The van der Waals surface area contributed by atoms with Crippen LogP contribution in [-0.4, -0.2) is 54.6 Å². The molecule has 240 valence electrons. The number of rotatable bonds is 4. The molecule has 0 fully saturated rings. The Hall–Kier alpha value is -6.23. The van der Waals surface area contributed by atoms with Crippen LogP contribution in [0.5, 0.6) is 0 Å². The molecule has 0 aliphatic heterocycles. The normalized spacial score (nSPS) is 11.2. The smallest absolute Gasteiger partial charge is 0.140 e. The molecule has 0 aromatic carbocycles. The fraction of sp³-hybridized carbons (Fsp3) is 0.162. The summed E-state index contributed by atoms with van der Waals surface area (Å²) in [4.78, 5) is 30.1. The first-order valence-corrected chi connectivity index (χ1v) is 15.8. The number of pyridine rings is 3. The van der Waals surface area contributed by atoms with Gasteiger partial charge < -0.3 is 24.5 Å². The molecule has 48 heavy (non-hydrogen) atoms. The van der Waals surface area contributed by atoms with E-state index in [0.717, 1.165) is 61.7 Å². The molecule has 9 heterocycles. The van der Waals surface area contributed by atoms with Crippen LogP contribution in [0.3, 0.4) is 0 Å². The number of fused-ring (bicyclic) bond motifs is 3. The van der Waals surface area contributed by atoms with E-state index in [1.807, 2.05) is 88.5 Å². The Morgan fingerprint density at radius 1 is 0.646 bits per heavy atom. The maximum atomic E-state index is 4.50. The van der Waals surface area contributed by atoms with E-state index in [1.54, 1.807) is 6.20 Å². The van der Waals surface area contributed by atoms with E-state index in [1.165, 1.54) is 22.2 Å². The van der Waals surface area contributed by atoms with Crippen LogP contribution in [0.15, 0.2) is 98.2 Å². The minimum absolute atomic E-state index is 0.425. The van der Waals surface area contributed by atoms with Gasteiger partial charge in [-0.25, -0.2) is 4.98 Å². The number of aromatic nitrogens is 11. The monoisotopic (exact) mass is 635 g/mol. The third-order valence-electron chi connectivity index (χ3n) is 8.10. The summed E-state index contributed by atoms with van der Waals surface area (Å²) in [6.45, 7) is 10.4. The minimum Gasteiger partial charge on any atom is -0.367 e. The quantitative estimate of drug-likeness (QED) is 0.132. The first-order valence-electron chi connectivity index (χ1n) is 15.8. The summed E-state index contributed by atoms with van der Waals surface area (Å²) < 4.78 is 2.37. The molecule has 0 bridgehead atoms. The molecule has 0 radical (unpaired) electrons. The van der Waals surface area contributed by atoms with Gasteiger partial charge in [0, 0.05) is 105 Å². The van der Waals surface area contributed by atoms with E-state index >= 15 is 0 Å². The molecule has 0 aliphatic carbocycles.